The lowest BCUT2D eigenvalue weighted by Gasteiger charge is -2.29. The summed E-state index contributed by atoms with van der Waals surface area (Å²) in [5.41, 5.74) is 7.67. The Labute approximate surface area is 130 Å². The Bertz CT molecular complexity index is 426. The Morgan fingerprint density at radius 2 is 2.11 bits per heavy atom. The molecule has 3 unspecified atom stereocenters. The lowest BCUT2D eigenvalue weighted by atomic mass is 9.78. The lowest BCUT2D eigenvalue weighted by Crippen LogP contribution is -2.38. The predicted molar refractivity (Wildman–Crippen MR) is 85.5 cm³/mol. The van der Waals surface area contributed by atoms with Gasteiger partial charge in [-0.2, -0.15) is 0 Å². The first-order valence-corrected chi connectivity index (χ1v) is 7.74. The number of fused-ring (bicyclic) bond motifs is 1. The topological polar surface area (TPSA) is 29.3 Å². The molecule has 1 saturated heterocycles. The highest BCUT2D eigenvalue weighted by Crippen LogP contribution is 2.36. The maximum absolute atomic E-state index is 6.27. The van der Waals surface area contributed by atoms with Crippen molar-refractivity contribution in [3.8, 4) is 0 Å². The van der Waals surface area contributed by atoms with E-state index in [2.05, 4.69) is 45.1 Å². The molecule has 1 aromatic carbocycles. The zero-order valence-corrected chi connectivity index (χ0v) is 13.5. The SMILES string of the molecule is Cl.NC1CCCC2CN(Cc3cccc(Br)c3)CC12. The number of hydrogen-bond acceptors (Lipinski definition) is 2. The van der Waals surface area contributed by atoms with E-state index in [1.54, 1.807) is 0 Å². The second-order valence-electron chi connectivity index (χ2n) is 5.84. The summed E-state index contributed by atoms with van der Waals surface area (Å²) >= 11 is 3.54. The van der Waals surface area contributed by atoms with Crippen LogP contribution in [0.5, 0.6) is 0 Å². The molecule has 3 atom stereocenters. The number of rotatable bonds is 2. The van der Waals surface area contributed by atoms with E-state index in [0.29, 0.717) is 6.04 Å². The zero-order valence-electron chi connectivity index (χ0n) is 11.1. The first-order valence-electron chi connectivity index (χ1n) is 6.95. The molecule has 0 radical (unpaired) electrons. The van der Waals surface area contributed by atoms with Gasteiger partial charge >= 0.3 is 0 Å². The van der Waals surface area contributed by atoms with Crippen LogP contribution < -0.4 is 5.73 Å². The third-order valence-corrected chi connectivity index (χ3v) is 5.02. The zero-order chi connectivity index (χ0) is 12.5. The summed E-state index contributed by atoms with van der Waals surface area (Å²) < 4.78 is 1.17. The van der Waals surface area contributed by atoms with Gasteiger partial charge in [-0.25, -0.2) is 0 Å². The molecular weight excluding hydrogens is 324 g/mol. The van der Waals surface area contributed by atoms with Crippen LogP contribution in [0.2, 0.25) is 0 Å². The van der Waals surface area contributed by atoms with Crippen molar-refractivity contribution in [2.24, 2.45) is 17.6 Å². The maximum atomic E-state index is 6.27. The fraction of sp³-hybridized carbons (Fsp3) is 0.600. The first-order chi connectivity index (χ1) is 8.72. The number of benzene rings is 1. The standard InChI is InChI=1S/C15H21BrN2.ClH/c16-13-5-1-3-11(7-13)8-18-9-12-4-2-6-15(17)14(12)10-18;/h1,3,5,7,12,14-15H,2,4,6,8-10,17H2;1H. The lowest BCUT2D eigenvalue weighted by molar-refractivity contribution is 0.259. The van der Waals surface area contributed by atoms with Crippen LogP contribution in [0.3, 0.4) is 0 Å². The maximum Gasteiger partial charge on any atom is 0.0234 e. The third-order valence-electron chi connectivity index (χ3n) is 4.52. The molecular formula is C15H22BrClN2. The minimum absolute atomic E-state index is 0. The summed E-state index contributed by atoms with van der Waals surface area (Å²) in [6, 6.07) is 9.09. The van der Waals surface area contributed by atoms with Crippen molar-refractivity contribution in [3.05, 3.63) is 34.3 Å². The summed E-state index contributed by atoms with van der Waals surface area (Å²) in [5, 5.41) is 0. The molecule has 0 spiro atoms. The van der Waals surface area contributed by atoms with E-state index < -0.39 is 0 Å². The van der Waals surface area contributed by atoms with E-state index >= 15 is 0 Å². The number of nitrogens with two attached hydrogens (primary N) is 1. The first kappa shape index (κ1) is 15.3. The highest BCUT2D eigenvalue weighted by molar-refractivity contribution is 9.10. The molecule has 1 aliphatic carbocycles. The summed E-state index contributed by atoms with van der Waals surface area (Å²) in [6.07, 6.45) is 3.94. The molecule has 0 bridgehead atoms. The number of hydrogen-bond donors (Lipinski definition) is 1. The Kier molecular flexibility index (Phi) is 5.29. The molecule has 0 aromatic heterocycles. The average Bonchev–Trinajstić information content (AvgIpc) is 2.73. The average molecular weight is 346 g/mol. The molecule has 2 aliphatic rings. The molecule has 1 aromatic rings. The molecule has 3 rings (SSSR count). The summed E-state index contributed by atoms with van der Waals surface area (Å²) in [4.78, 5) is 2.59. The van der Waals surface area contributed by atoms with Gasteiger partial charge in [-0.3, -0.25) is 4.90 Å². The molecule has 2 fully saturated rings. The van der Waals surface area contributed by atoms with E-state index in [1.165, 1.54) is 42.4 Å². The molecule has 4 heteroatoms. The molecule has 0 amide bonds. The van der Waals surface area contributed by atoms with Gasteiger partial charge in [0.1, 0.15) is 0 Å². The van der Waals surface area contributed by atoms with Crippen molar-refractivity contribution in [2.45, 2.75) is 31.8 Å². The normalized spacial score (nSPS) is 30.7. The van der Waals surface area contributed by atoms with E-state index in [0.717, 1.165) is 18.4 Å². The molecule has 106 valence electrons. The Morgan fingerprint density at radius 3 is 2.84 bits per heavy atom. The summed E-state index contributed by atoms with van der Waals surface area (Å²) in [7, 11) is 0. The number of nitrogens with zero attached hydrogens (tertiary/aromatic N) is 1. The van der Waals surface area contributed by atoms with Gasteiger partial charge in [-0.05, 0) is 42.4 Å². The Morgan fingerprint density at radius 1 is 1.26 bits per heavy atom. The number of halogens is 2. The largest absolute Gasteiger partial charge is 0.327 e. The smallest absolute Gasteiger partial charge is 0.0234 e. The van der Waals surface area contributed by atoms with Gasteiger partial charge in [0.25, 0.3) is 0 Å². The summed E-state index contributed by atoms with van der Waals surface area (Å²) in [5.74, 6) is 1.59. The fourth-order valence-electron chi connectivity index (χ4n) is 3.63. The van der Waals surface area contributed by atoms with Crippen LogP contribution in [0.15, 0.2) is 28.7 Å². The van der Waals surface area contributed by atoms with E-state index in [1.807, 2.05) is 0 Å². The highest BCUT2D eigenvalue weighted by Gasteiger charge is 2.38. The molecule has 1 heterocycles. The van der Waals surface area contributed by atoms with Crippen molar-refractivity contribution < 1.29 is 0 Å². The van der Waals surface area contributed by atoms with Crippen molar-refractivity contribution in [3.63, 3.8) is 0 Å². The monoisotopic (exact) mass is 344 g/mol. The second-order valence-corrected chi connectivity index (χ2v) is 6.76. The quantitative estimate of drug-likeness (QED) is 0.890. The fourth-order valence-corrected chi connectivity index (χ4v) is 4.08. The van der Waals surface area contributed by atoms with E-state index in [-0.39, 0.29) is 12.4 Å². The van der Waals surface area contributed by atoms with Gasteiger partial charge in [0.05, 0.1) is 0 Å². The minimum atomic E-state index is 0. The van der Waals surface area contributed by atoms with Gasteiger partial charge < -0.3 is 5.73 Å². The van der Waals surface area contributed by atoms with E-state index in [9.17, 15) is 0 Å². The third kappa shape index (κ3) is 3.52. The highest BCUT2D eigenvalue weighted by atomic mass is 79.9. The molecule has 1 saturated carbocycles. The van der Waals surface area contributed by atoms with Gasteiger partial charge in [0.2, 0.25) is 0 Å². The Balaban J connectivity index is 0.00000133. The van der Waals surface area contributed by atoms with Crippen LogP contribution in [0.4, 0.5) is 0 Å². The van der Waals surface area contributed by atoms with Crippen molar-refractivity contribution in [2.75, 3.05) is 13.1 Å². The van der Waals surface area contributed by atoms with Crippen LogP contribution in [0.1, 0.15) is 24.8 Å². The van der Waals surface area contributed by atoms with Crippen LogP contribution >= 0.6 is 28.3 Å². The van der Waals surface area contributed by atoms with Gasteiger partial charge in [-0.15, -0.1) is 12.4 Å². The summed E-state index contributed by atoms with van der Waals surface area (Å²) in [6.45, 7) is 3.50. The molecule has 2 N–H and O–H groups in total. The Hall–Kier alpha value is -0.0900. The van der Waals surface area contributed by atoms with Crippen LogP contribution in [-0.4, -0.2) is 24.0 Å². The minimum Gasteiger partial charge on any atom is -0.327 e. The molecule has 19 heavy (non-hydrogen) atoms. The van der Waals surface area contributed by atoms with E-state index in [4.69, 9.17) is 5.73 Å². The van der Waals surface area contributed by atoms with Gasteiger partial charge in [-0.1, -0.05) is 34.5 Å². The van der Waals surface area contributed by atoms with Gasteiger partial charge in [0.15, 0.2) is 0 Å². The van der Waals surface area contributed by atoms with Crippen molar-refractivity contribution in [1.29, 1.82) is 0 Å². The molecule has 1 aliphatic heterocycles. The number of likely N-dealkylation sites (tertiary alicyclic amines) is 1. The van der Waals surface area contributed by atoms with Crippen molar-refractivity contribution in [1.82, 2.24) is 4.90 Å². The van der Waals surface area contributed by atoms with Crippen LogP contribution in [-0.2, 0) is 6.54 Å². The van der Waals surface area contributed by atoms with Crippen LogP contribution in [0.25, 0.3) is 0 Å². The molecule has 2 nitrogen and oxygen atoms in total. The van der Waals surface area contributed by atoms with Crippen molar-refractivity contribution >= 4 is 28.3 Å². The second kappa shape index (κ2) is 6.57. The predicted octanol–water partition coefficient (Wildman–Crippen LogP) is 3.43. The van der Waals surface area contributed by atoms with Gasteiger partial charge in [0, 0.05) is 30.1 Å². The van der Waals surface area contributed by atoms with Crippen LogP contribution in [0, 0.1) is 11.8 Å².